The van der Waals surface area contributed by atoms with Gasteiger partial charge in [0, 0.05) is 5.56 Å². The molecule has 2 N–H and O–H groups in total. The van der Waals surface area contributed by atoms with Gasteiger partial charge in [-0.15, -0.1) is 5.10 Å². The SMILES string of the molecule is CCC[CH2][Sn][CH2]CCC.O=C=C(C(O)=NNC(=O)c1ccccc1)c1ccccc1. The third-order valence-corrected chi connectivity index (χ3v) is 8.14. The van der Waals surface area contributed by atoms with E-state index in [0.29, 0.717) is 11.1 Å². The number of carbonyl (C=O) groups is 1. The summed E-state index contributed by atoms with van der Waals surface area (Å²) in [6.07, 6.45) is 5.84. The zero-order valence-corrected chi connectivity index (χ0v) is 20.6. The van der Waals surface area contributed by atoms with Crippen molar-refractivity contribution in [2.75, 3.05) is 0 Å². The van der Waals surface area contributed by atoms with E-state index in [1.165, 1.54) is 25.7 Å². The summed E-state index contributed by atoms with van der Waals surface area (Å²) in [5.41, 5.74) is 2.92. The second-order valence-corrected chi connectivity index (χ2v) is 10.8. The van der Waals surface area contributed by atoms with Crippen molar-refractivity contribution in [3.8, 4) is 0 Å². The Morgan fingerprint density at radius 1 is 0.933 bits per heavy atom. The summed E-state index contributed by atoms with van der Waals surface area (Å²) in [5, 5.41) is 13.3. The summed E-state index contributed by atoms with van der Waals surface area (Å²) >= 11 is 0.149. The average molecular weight is 513 g/mol. The number of unbranched alkanes of at least 4 members (excludes halogenated alkanes) is 2. The number of hydrazone groups is 1. The molecule has 0 spiro atoms. The van der Waals surface area contributed by atoms with Crippen LogP contribution in [0.15, 0.2) is 65.8 Å². The number of nitrogens with one attached hydrogen (secondary N) is 1. The van der Waals surface area contributed by atoms with E-state index >= 15 is 0 Å². The Morgan fingerprint density at radius 3 is 1.90 bits per heavy atom. The summed E-state index contributed by atoms with van der Waals surface area (Å²) < 4.78 is 3.25. The molecule has 0 aliphatic carbocycles. The number of benzene rings is 2. The minimum absolute atomic E-state index is 0.121. The molecular weight excluding hydrogens is 483 g/mol. The summed E-state index contributed by atoms with van der Waals surface area (Å²) in [4.78, 5) is 22.7. The van der Waals surface area contributed by atoms with Crippen LogP contribution in [0, 0.1) is 0 Å². The van der Waals surface area contributed by atoms with E-state index in [4.69, 9.17) is 0 Å². The fourth-order valence-electron chi connectivity index (χ4n) is 2.38. The zero-order chi connectivity index (χ0) is 22.0. The molecule has 0 unspecified atom stereocenters. The largest absolute Gasteiger partial charge is 0.491 e. The van der Waals surface area contributed by atoms with Gasteiger partial charge in [-0.05, 0) is 17.7 Å². The van der Waals surface area contributed by atoms with Crippen LogP contribution in [0.25, 0.3) is 5.57 Å². The van der Waals surface area contributed by atoms with Crippen LogP contribution in [0.2, 0.25) is 8.87 Å². The minimum atomic E-state index is -0.597. The third kappa shape index (κ3) is 10.4. The maximum absolute atomic E-state index is 11.8. The summed E-state index contributed by atoms with van der Waals surface area (Å²) in [7, 11) is 0. The number of carbonyl (C=O) groups excluding carboxylic acids is 2. The fraction of sp³-hybridized carbons (Fsp3) is 0.333. The first-order valence-corrected chi connectivity index (χ1v) is 14.3. The molecule has 2 rings (SSSR count). The standard InChI is InChI=1S/C16H12N2O3.2C4H9.Sn/c19-11-14(12-7-3-1-4-8-12)16(21)18-17-15(20)13-9-5-2-6-10-13;2*1-3-4-2;/h1-10H,(H,17,20)(H,18,21);2*1,3-4H2,2H3;. The minimum Gasteiger partial charge on any atom is -0.491 e. The van der Waals surface area contributed by atoms with Gasteiger partial charge < -0.3 is 5.11 Å². The Kier molecular flexibility index (Phi) is 14.1. The molecule has 0 fully saturated rings. The number of hydrogen-bond acceptors (Lipinski definition) is 3. The van der Waals surface area contributed by atoms with Gasteiger partial charge in [0.2, 0.25) is 5.90 Å². The van der Waals surface area contributed by atoms with Crippen molar-refractivity contribution in [2.24, 2.45) is 5.10 Å². The van der Waals surface area contributed by atoms with E-state index in [-0.39, 0.29) is 26.7 Å². The van der Waals surface area contributed by atoms with Crippen LogP contribution in [-0.2, 0) is 4.79 Å². The van der Waals surface area contributed by atoms with Crippen molar-refractivity contribution in [3.05, 3.63) is 71.8 Å². The van der Waals surface area contributed by atoms with Crippen LogP contribution < -0.4 is 5.43 Å². The van der Waals surface area contributed by atoms with Gasteiger partial charge >= 0.3 is 69.5 Å². The molecule has 0 aromatic heterocycles. The monoisotopic (exact) mass is 514 g/mol. The van der Waals surface area contributed by atoms with Gasteiger partial charge in [0.1, 0.15) is 11.5 Å². The van der Waals surface area contributed by atoms with Crippen LogP contribution in [0.5, 0.6) is 0 Å². The number of rotatable bonds is 10. The van der Waals surface area contributed by atoms with E-state index < -0.39 is 11.8 Å². The number of hydrogen-bond donors (Lipinski definition) is 2. The van der Waals surface area contributed by atoms with Crippen LogP contribution in [0.1, 0.15) is 55.5 Å². The molecule has 5 nitrogen and oxygen atoms in total. The van der Waals surface area contributed by atoms with Crippen molar-refractivity contribution in [1.29, 1.82) is 0 Å². The summed E-state index contributed by atoms with van der Waals surface area (Å²) in [6, 6.07) is 16.9. The van der Waals surface area contributed by atoms with Gasteiger partial charge in [-0.25, -0.2) is 10.2 Å². The molecule has 0 aliphatic rings. The molecule has 158 valence electrons. The molecule has 2 radical (unpaired) electrons. The second-order valence-electron chi connectivity index (χ2n) is 6.54. The summed E-state index contributed by atoms with van der Waals surface area (Å²) in [5.74, 6) is 0.534. The molecule has 30 heavy (non-hydrogen) atoms. The molecule has 2 aromatic carbocycles. The van der Waals surface area contributed by atoms with Crippen LogP contribution in [0.3, 0.4) is 0 Å². The molecule has 1 amide bonds. The van der Waals surface area contributed by atoms with Gasteiger partial charge in [-0.2, -0.15) is 0 Å². The second kappa shape index (κ2) is 16.4. The van der Waals surface area contributed by atoms with E-state index in [0.717, 1.165) is 0 Å². The number of aliphatic hydroxyl groups is 1. The van der Waals surface area contributed by atoms with Crippen molar-refractivity contribution in [2.45, 2.75) is 48.4 Å². The van der Waals surface area contributed by atoms with Gasteiger partial charge in [0.15, 0.2) is 0 Å². The van der Waals surface area contributed by atoms with Gasteiger partial charge in [0.05, 0.1) is 0 Å². The first kappa shape index (κ1) is 25.7. The first-order chi connectivity index (χ1) is 14.6. The molecule has 0 bridgehead atoms. The quantitative estimate of drug-likeness (QED) is 0.113. The van der Waals surface area contributed by atoms with Gasteiger partial charge in [-0.3, -0.25) is 4.79 Å². The number of amides is 1. The van der Waals surface area contributed by atoms with E-state index in [2.05, 4.69) is 24.4 Å². The molecule has 6 heteroatoms. The Bertz CT molecular complexity index is 811. The van der Waals surface area contributed by atoms with Crippen molar-refractivity contribution in [1.82, 2.24) is 5.43 Å². The molecule has 0 aliphatic heterocycles. The Morgan fingerprint density at radius 2 is 1.43 bits per heavy atom. The number of nitrogens with zero attached hydrogens (tertiary/aromatic N) is 1. The molecule has 0 heterocycles. The maximum atomic E-state index is 11.8. The fourth-order valence-corrected chi connectivity index (χ4v) is 6.54. The number of aliphatic hydroxyl groups excluding tert-OH is 1. The van der Waals surface area contributed by atoms with Crippen LogP contribution >= 0.6 is 0 Å². The van der Waals surface area contributed by atoms with Crippen molar-refractivity contribution >= 4 is 44.5 Å². The Labute approximate surface area is 189 Å². The van der Waals surface area contributed by atoms with E-state index in [1.807, 2.05) is 0 Å². The van der Waals surface area contributed by atoms with Gasteiger partial charge in [-0.1, -0.05) is 48.5 Å². The maximum Gasteiger partial charge on any atom is 0.271 e. The molecule has 2 aromatic rings. The smallest absolute Gasteiger partial charge is 0.271 e. The third-order valence-electron chi connectivity index (χ3n) is 4.10. The van der Waals surface area contributed by atoms with Crippen molar-refractivity contribution in [3.63, 3.8) is 0 Å². The summed E-state index contributed by atoms with van der Waals surface area (Å²) in [6.45, 7) is 4.58. The molecule has 0 saturated heterocycles. The first-order valence-electron chi connectivity index (χ1n) is 10.3. The predicted molar refractivity (Wildman–Crippen MR) is 125 cm³/mol. The molecule has 0 atom stereocenters. The van der Waals surface area contributed by atoms with E-state index in [1.54, 1.807) is 75.5 Å². The molecule has 0 saturated carbocycles. The topological polar surface area (TPSA) is 78.8 Å². The Hall–Kier alpha value is -2.37. The van der Waals surface area contributed by atoms with Gasteiger partial charge in [0.25, 0.3) is 5.91 Å². The van der Waals surface area contributed by atoms with Crippen LogP contribution in [0.4, 0.5) is 0 Å². The zero-order valence-electron chi connectivity index (χ0n) is 17.7. The van der Waals surface area contributed by atoms with Crippen molar-refractivity contribution < 1.29 is 14.7 Å². The molecular formula is C24H30N2O3Sn. The predicted octanol–water partition coefficient (Wildman–Crippen LogP) is 5.33. The van der Waals surface area contributed by atoms with Crippen LogP contribution in [-0.4, -0.2) is 44.0 Å². The Balaban J connectivity index is 0.000000424. The van der Waals surface area contributed by atoms with E-state index in [9.17, 15) is 14.7 Å². The average Bonchev–Trinajstić information content (AvgIpc) is 2.79. The normalized spacial score (nSPS) is 10.4.